The van der Waals surface area contributed by atoms with Crippen molar-refractivity contribution in [3.63, 3.8) is 0 Å². The summed E-state index contributed by atoms with van der Waals surface area (Å²) in [4.78, 5) is 15.4. The zero-order valence-corrected chi connectivity index (χ0v) is 10.4. The third-order valence-electron chi connectivity index (χ3n) is 2.60. The third-order valence-corrected chi connectivity index (χ3v) is 2.60. The molecule has 2 rings (SSSR count). The van der Waals surface area contributed by atoms with Crippen LogP contribution in [0, 0.1) is 0 Å². The number of hydrogen-bond donors (Lipinski definition) is 0. The van der Waals surface area contributed by atoms with E-state index in [0.29, 0.717) is 6.54 Å². The van der Waals surface area contributed by atoms with Crippen molar-refractivity contribution in [3.8, 4) is 11.5 Å². The van der Waals surface area contributed by atoms with Crippen LogP contribution in [0.15, 0.2) is 23.2 Å². The van der Waals surface area contributed by atoms with E-state index >= 15 is 0 Å². The van der Waals surface area contributed by atoms with Gasteiger partial charge in [0.15, 0.2) is 11.5 Å². The molecule has 0 radical (unpaired) electrons. The normalized spacial score (nSPS) is 13.6. The Morgan fingerprint density at radius 2 is 2.17 bits per heavy atom. The van der Waals surface area contributed by atoms with E-state index in [1.54, 1.807) is 0 Å². The largest absolute Gasteiger partial charge is 0.469 e. The molecule has 1 heterocycles. The first-order valence-electron chi connectivity index (χ1n) is 5.64. The number of fused-ring (bicyclic) bond motifs is 1. The summed E-state index contributed by atoms with van der Waals surface area (Å²) in [7, 11) is 1.37. The first-order chi connectivity index (χ1) is 8.69. The highest BCUT2D eigenvalue weighted by Gasteiger charge is 2.12. The van der Waals surface area contributed by atoms with E-state index in [1.807, 2.05) is 25.1 Å². The monoisotopic (exact) mass is 249 g/mol. The molecule has 0 N–H and O–H groups in total. The Bertz CT molecular complexity index is 482. The predicted molar refractivity (Wildman–Crippen MR) is 66.0 cm³/mol. The minimum atomic E-state index is -0.276. The molecule has 0 spiro atoms. The highest BCUT2D eigenvalue weighted by molar-refractivity contribution is 5.97. The summed E-state index contributed by atoms with van der Waals surface area (Å²) in [5, 5.41) is 0. The lowest BCUT2D eigenvalue weighted by molar-refractivity contribution is -0.139. The summed E-state index contributed by atoms with van der Waals surface area (Å²) in [6, 6.07) is 5.70. The second kappa shape index (κ2) is 5.53. The van der Waals surface area contributed by atoms with Crippen molar-refractivity contribution in [1.29, 1.82) is 0 Å². The van der Waals surface area contributed by atoms with Gasteiger partial charge in [-0.15, -0.1) is 0 Å². The van der Waals surface area contributed by atoms with Crippen molar-refractivity contribution >= 4 is 11.7 Å². The summed E-state index contributed by atoms with van der Waals surface area (Å²) in [6.07, 6.45) is 0.223. The standard InChI is InChI=1S/C13H15NO4/c1-9(5-13(15)16-2)14-7-10-3-4-11-12(6-10)18-8-17-11/h3-4,6H,5,7-8H2,1-2H3. The van der Waals surface area contributed by atoms with Crippen LogP contribution < -0.4 is 9.47 Å². The van der Waals surface area contributed by atoms with Gasteiger partial charge in [-0.1, -0.05) is 6.07 Å². The lowest BCUT2D eigenvalue weighted by atomic mass is 10.2. The van der Waals surface area contributed by atoms with Gasteiger partial charge in [0.25, 0.3) is 0 Å². The lowest BCUT2D eigenvalue weighted by Crippen LogP contribution is -2.06. The van der Waals surface area contributed by atoms with Crippen LogP contribution in [0.25, 0.3) is 0 Å². The van der Waals surface area contributed by atoms with Crippen molar-refractivity contribution in [3.05, 3.63) is 23.8 Å². The molecule has 0 aromatic heterocycles. The average Bonchev–Trinajstić information content (AvgIpc) is 2.83. The van der Waals surface area contributed by atoms with E-state index in [0.717, 1.165) is 22.8 Å². The number of ether oxygens (including phenoxy) is 3. The molecular weight excluding hydrogens is 234 g/mol. The van der Waals surface area contributed by atoms with Gasteiger partial charge in [0.05, 0.1) is 20.1 Å². The van der Waals surface area contributed by atoms with E-state index in [9.17, 15) is 4.79 Å². The van der Waals surface area contributed by atoms with E-state index in [-0.39, 0.29) is 19.2 Å². The van der Waals surface area contributed by atoms with Crippen molar-refractivity contribution in [2.24, 2.45) is 4.99 Å². The molecule has 96 valence electrons. The van der Waals surface area contributed by atoms with E-state index in [4.69, 9.17) is 9.47 Å². The predicted octanol–water partition coefficient (Wildman–Crippen LogP) is 1.94. The Kier molecular flexibility index (Phi) is 3.82. The fraction of sp³-hybridized carbons (Fsp3) is 0.385. The van der Waals surface area contributed by atoms with Crippen LogP contribution in [0.5, 0.6) is 11.5 Å². The smallest absolute Gasteiger partial charge is 0.311 e. The van der Waals surface area contributed by atoms with Gasteiger partial charge in [-0.3, -0.25) is 9.79 Å². The van der Waals surface area contributed by atoms with Crippen molar-refractivity contribution < 1.29 is 19.0 Å². The topological polar surface area (TPSA) is 57.1 Å². The van der Waals surface area contributed by atoms with Gasteiger partial charge in [-0.05, 0) is 24.6 Å². The molecule has 18 heavy (non-hydrogen) atoms. The van der Waals surface area contributed by atoms with E-state index in [1.165, 1.54) is 7.11 Å². The quantitative estimate of drug-likeness (QED) is 0.604. The SMILES string of the molecule is COC(=O)CC(C)=NCc1ccc2c(c1)OCO2. The Morgan fingerprint density at radius 1 is 1.39 bits per heavy atom. The van der Waals surface area contributed by atoms with Crippen molar-refractivity contribution in [2.45, 2.75) is 19.9 Å². The number of nitrogens with zero attached hydrogens (tertiary/aromatic N) is 1. The van der Waals surface area contributed by atoms with Gasteiger partial charge < -0.3 is 14.2 Å². The number of hydrogen-bond acceptors (Lipinski definition) is 5. The Hall–Kier alpha value is -2.04. The summed E-state index contributed by atoms with van der Waals surface area (Å²) < 4.78 is 15.1. The molecule has 0 saturated heterocycles. The van der Waals surface area contributed by atoms with Crippen LogP contribution in [0.4, 0.5) is 0 Å². The summed E-state index contributed by atoms with van der Waals surface area (Å²) in [6.45, 7) is 2.59. The molecule has 0 aliphatic carbocycles. The summed E-state index contributed by atoms with van der Waals surface area (Å²) >= 11 is 0. The Labute approximate surface area is 105 Å². The first-order valence-corrected chi connectivity index (χ1v) is 5.64. The summed E-state index contributed by atoms with van der Waals surface area (Å²) in [5.41, 5.74) is 1.77. The van der Waals surface area contributed by atoms with Crippen LogP contribution in [-0.4, -0.2) is 25.6 Å². The van der Waals surface area contributed by atoms with Crippen molar-refractivity contribution in [1.82, 2.24) is 0 Å². The maximum atomic E-state index is 11.0. The fourth-order valence-corrected chi connectivity index (χ4v) is 1.60. The van der Waals surface area contributed by atoms with Gasteiger partial charge in [0.1, 0.15) is 0 Å². The van der Waals surface area contributed by atoms with Crippen LogP contribution in [0.1, 0.15) is 18.9 Å². The molecule has 0 amide bonds. The molecule has 0 fully saturated rings. The molecule has 0 saturated carbocycles. The molecule has 0 unspecified atom stereocenters. The molecule has 0 bridgehead atoms. The fourth-order valence-electron chi connectivity index (χ4n) is 1.60. The zero-order valence-electron chi connectivity index (χ0n) is 10.4. The lowest BCUT2D eigenvalue weighted by Gasteiger charge is -2.02. The third kappa shape index (κ3) is 3.00. The van der Waals surface area contributed by atoms with Crippen LogP contribution in [0.2, 0.25) is 0 Å². The van der Waals surface area contributed by atoms with Crippen molar-refractivity contribution in [2.75, 3.05) is 13.9 Å². The molecule has 5 nitrogen and oxygen atoms in total. The molecule has 1 aromatic rings. The van der Waals surface area contributed by atoms with E-state index in [2.05, 4.69) is 9.73 Å². The Balaban J connectivity index is 1.97. The number of esters is 1. The second-order valence-electron chi connectivity index (χ2n) is 3.99. The minimum Gasteiger partial charge on any atom is -0.469 e. The highest BCUT2D eigenvalue weighted by atomic mass is 16.7. The Morgan fingerprint density at radius 3 is 2.94 bits per heavy atom. The molecule has 0 atom stereocenters. The molecule has 1 aromatic carbocycles. The van der Waals surface area contributed by atoms with Gasteiger partial charge >= 0.3 is 5.97 Å². The van der Waals surface area contributed by atoms with Crippen LogP contribution >= 0.6 is 0 Å². The maximum absolute atomic E-state index is 11.0. The van der Waals surface area contributed by atoms with E-state index < -0.39 is 0 Å². The maximum Gasteiger partial charge on any atom is 0.311 e. The number of methoxy groups -OCH3 is 1. The zero-order chi connectivity index (χ0) is 13.0. The second-order valence-corrected chi connectivity index (χ2v) is 3.99. The van der Waals surface area contributed by atoms with Gasteiger partial charge in [0, 0.05) is 5.71 Å². The molecule has 5 heteroatoms. The van der Waals surface area contributed by atoms with Gasteiger partial charge in [0.2, 0.25) is 6.79 Å². The number of carbonyl (C=O) groups excluding carboxylic acids is 1. The minimum absolute atomic E-state index is 0.223. The molecular formula is C13H15NO4. The number of aliphatic imine (C=N–C) groups is 1. The van der Waals surface area contributed by atoms with Crippen LogP contribution in [0.3, 0.4) is 0 Å². The molecule has 1 aliphatic heterocycles. The van der Waals surface area contributed by atoms with Crippen LogP contribution in [-0.2, 0) is 16.1 Å². The molecule has 1 aliphatic rings. The van der Waals surface area contributed by atoms with Gasteiger partial charge in [-0.2, -0.15) is 0 Å². The highest BCUT2D eigenvalue weighted by Crippen LogP contribution is 2.32. The first kappa shape index (κ1) is 12.4. The number of carbonyl (C=O) groups is 1. The van der Waals surface area contributed by atoms with Gasteiger partial charge in [-0.25, -0.2) is 0 Å². The number of rotatable bonds is 4. The number of benzene rings is 1. The average molecular weight is 249 g/mol. The summed E-state index contributed by atoms with van der Waals surface area (Å²) in [5.74, 6) is 1.23.